The maximum Gasteiger partial charge on any atom is 0.241 e. The predicted molar refractivity (Wildman–Crippen MR) is 199 cm³/mol. The smallest absolute Gasteiger partial charge is 0.241 e. The number of aromatic nitrogens is 2. The van der Waals surface area contributed by atoms with Gasteiger partial charge in [0.05, 0.1) is 0 Å². The molecule has 0 radical (unpaired) electrons. The molecule has 0 fully saturated rings. The van der Waals surface area contributed by atoms with Crippen LogP contribution in [0.4, 0.5) is 0 Å². The Morgan fingerprint density at radius 2 is 0.889 bits per heavy atom. The number of nitrogens with zero attached hydrogens (tertiary/aromatic N) is 1. The van der Waals surface area contributed by atoms with Crippen molar-refractivity contribution in [1.29, 1.82) is 0 Å². The topological polar surface area (TPSA) is 19.7 Å². The van der Waals surface area contributed by atoms with Crippen LogP contribution in [0.1, 0.15) is 212 Å². The number of nitrogens with one attached hydrogen (secondary N) is 1. The Bertz CT molecular complexity index is 829. The molecule has 0 aliphatic rings. The molecule has 0 saturated heterocycles. The minimum Gasteiger partial charge on any atom is -0.250 e. The van der Waals surface area contributed by atoms with E-state index < -0.39 is 0 Å². The first-order valence-electron chi connectivity index (χ1n) is 20.4. The summed E-state index contributed by atoms with van der Waals surface area (Å²) in [5.41, 5.74) is 1.51. The lowest BCUT2D eigenvalue weighted by molar-refractivity contribution is -0.730. The van der Waals surface area contributed by atoms with Crippen molar-refractivity contribution >= 4 is 0 Å². The number of aromatic amines is 1. The maximum atomic E-state index is 3.36. The zero-order valence-electron chi connectivity index (χ0n) is 30.4. The van der Waals surface area contributed by atoms with Crippen molar-refractivity contribution in [2.75, 3.05) is 0 Å². The molecule has 2 heteroatoms. The van der Waals surface area contributed by atoms with E-state index in [1.54, 1.807) is 0 Å². The first-order chi connectivity index (χ1) is 22.3. The predicted octanol–water partition coefficient (Wildman–Crippen LogP) is 14.1. The molecule has 1 N–H and O–H groups in total. The molecule has 0 bridgehead atoms. The van der Waals surface area contributed by atoms with E-state index in [2.05, 4.69) is 72.5 Å². The fourth-order valence-electron chi connectivity index (χ4n) is 7.46. The third-order valence-corrected chi connectivity index (χ3v) is 10.4. The van der Waals surface area contributed by atoms with Gasteiger partial charge in [-0.1, -0.05) is 211 Å². The first kappa shape index (κ1) is 39.6. The van der Waals surface area contributed by atoms with Crippen LogP contribution < -0.4 is 4.57 Å². The fourth-order valence-corrected chi connectivity index (χ4v) is 7.46. The molecule has 0 saturated carbocycles. The Hall–Kier alpha value is -1.57. The molecule has 1 aromatic heterocycles. The molecule has 2 aromatic rings. The van der Waals surface area contributed by atoms with Crippen molar-refractivity contribution in [3.05, 3.63) is 54.6 Å². The van der Waals surface area contributed by atoms with Crippen molar-refractivity contribution in [2.24, 2.45) is 5.92 Å². The minimum absolute atomic E-state index is 0.603. The van der Waals surface area contributed by atoms with Crippen LogP contribution in [0, 0.1) is 5.92 Å². The zero-order valence-corrected chi connectivity index (χ0v) is 30.4. The maximum absolute atomic E-state index is 3.36. The summed E-state index contributed by atoms with van der Waals surface area (Å²) in [4.78, 5) is 3.36. The normalized spacial score (nSPS) is 12.9. The first-order valence-corrected chi connectivity index (χ1v) is 20.4. The molecule has 0 spiro atoms. The van der Waals surface area contributed by atoms with E-state index in [0.29, 0.717) is 12.0 Å². The fraction of sp³-hybridized carbons (Fsp3) is 0.791. The average Bonchev–Trinajstić information content (AvgIpc) is 3.60. The zero-order chi connectivity index (χ0) is 31.9. The van der Waals surface area contributed by atoms with Gasteiger partial charge in [-0.05, 0) is 31.2 Å². The number of hydrogen-bond donors (Lipinski definition) is 1. The summed E-state index contributed by atoms with van der Waals surface area (Å²) in [5.74, 6) is 0.711. The van der Waals surface area contributed by atoms with E-state index in [1.807, 2.05) is 0 Å². The second-order valence-electron chi connectivity index (χ2n) is 14.5. The summed E-state index contributed by atoms with van der Waals surface area (Å²) in [6, 6.07) is 11.9. The van der Waals surface area contributed by atoms with E-state index in [9.17, 15) is 0 Å². The Balaban J connectivity index is 1.65. The Labute approximate surface area is 282 Å². The highest BCUT2D eigenvalue weighted by Gasteiger charge is 2.26. The summed E-state index contributed by atoms with van der Waals surface area (Å²) in [5, 5.41) is 0. The highest BCUT2D eigenvalue weighted by atomic mass is 15.1. The van der Waals surface area contributed by atoms with Gasteiger partial charge >= 0.3 is 0 Å². The Morgan fingerprint density at radius 3 is 1.29 bits per heavy atom. The monoisotopic (exact) mass is 622 g/mol. The van der Waals surface area contributed by atoms with Crippen LogP contribution in [0.5, 0.6) is 0 Å². The van der Waals surface area contributed by atoms with Crippen molar-refractivity contribution in [1.82, 2.24) is 4.98 Å². The lowest BCUT2D eigenvalue weighted by Gasteiger charge is -2.25. The van der Waals surface area contributed by atoms with Gasteiger partial charge in [0.1, 0.15) is 18.4 Å². The van der Waals surface area contributed by atoms with Crippen molar-refractivity contribution in [3.63, 3.8) is 0 Å². The van der Waals surface area contributed by atoms with Crippen molar-refractivity contribution in [2.45, 2.75) is 213 Å². The Kier molecular flexibility index (Phi) is 26.2. The van der Waals surface area contributed by atoms with Crippen LogP contribution in [0.3, 0.4) is 0 Å². The van der Waals surface area contributed by atoms with Crippen LogP contribution in [0.25, 0.3) is 0 Å². The molecule has 1 heterocycles. The molecule has 45 heavy (non-hydrogen) atoms. The summed E-state index contributed by atoms with van der Waals surface area (Å²) in [7, 11) is 0. The molecule has 2 unspecified atom stereocenters. The van der Waals surface area contributed by atoms with Gasteiger partial charge in [-0.25, -0.2) is 4.57 Å². The third-order valence-electron chi connectivity index (χ3n) is 10.4. The lowest BCUT2D eigenvalue weighted by atomic mass is 9.84. The molecular formula is C43H77N2+. The van der Waals surface area contributed by atoms with E-state index in [4.69, 9.17) is 0 Å². The average molecular weight is 622 g/mol. The van der Waals surface area contributed by atoms with Crippen molar-refractivity contribution in [3.8, 4) is 0 Å². The largest absolute Gasteiger partial charge is 0.250 e. The van der Waals surface area contributed by atoms with Crippen LogP contribution >= 0.6 is 0 Å². The quantitative estimate of drug-likeness (QED) is 0.0604. The molecule has 0 amide bonds. The van der Waals surface area contributed by atoms with Gasteiger partial charge in [-0.3, -0.25) is 4.98 Å². The van der Waals surface area contributed by atoms with E-state index in [-0.39, 0.29) is 0 Å². The van der Waals surface area contributed by atoms with Crippen LogP contribution in [-0.4, -0.2) is 4.98 Å². The standard InChI is InChI=1S/C43H76N2/c1-3-5-7-9-11-13-15-16-17-18-19-21-23-25-27-32-36-43(45-38-37-44-40-45)42(39-41-33-29-28-30-34-41)35-31-26-24-22-20-14-12-10-8-6-4-2/h28-30,33-34,37-38,40,42-43H,3-27,31-32,35-36,39H2,1-2H3/p+1. The second kappa shape index (κ2) is 29.8. The molecule has 0 aliphatic heterocycles. The van der Waals surface area contributed by atoms with Crippen molar-refractivity contribution < 1.29 is 4.57 Å². The summed E-state index contributed by atoms with van der Waals surface area (Å²) < 4.78 is 2.51. The molecule has 2 rings (SSSR count). The van der Waals surface area contributed by atoms with E-state index >= 15 is 0 Å². The number of rotatable bonds is 33. The Morgan fingerprint density at radius 1 is 0.489 bits per heavy atom. The summed E-state index contributed by atoms with van der Waals surface area (Å²) in [6.07, 6.45) is 49.2. The molecule has 2 atom stereocenters. The number of imidazole rings is 1. The van der Waals surface area contributed by atoms with Gasteiger partial charge in [-0.2, -0.15) is 0 Å². The van der Waals surface area contributed by atoms with Gasteiger partial charge < -0.3 is 0 Å². The minimum atomic E-state index is 0.603. The van der Waals surface area contributed by atoms with Gasteiger partial charge in [0.2, 0.25) is 6.33 Å². The molecule has 2 nitrogen and oxygen atoms in total. The summed E-state index contributed by atoms with van der Waals surface area (Å²) >= 11 is 0. The van der Waals surface area contributed by atoms with Gasteiger partial charge in [-0.15, -0.1) is 0 Å². The van der Waals surface area contributed by atoms with Crippen LogP contribution in [0.2, 0.25) is 0 Å². The highest BCUT2D eigenvalue weighted by molar-refractivity contribution is 5.15. The van der Waals surface area contributed by atoms with E-state index in [1.165, 1.54) is 198 Å². The van der Waals surface area contributed by atoms with Gasteiger partial charge in [0, 0.05) is 5.92 Å². The lowest BCUT2D eigenvalue weighted by Crippen LogP contribution is -2.42. The van der Waals surface area contributed by atoms with Crippen LogP contribution in [-0.2, 0) is 6.42 Å². The molecule has 1 aromatic carbocycles. The number of H-pyrrole nitrogens is 1. The number of unbranched alkanes of at least 4 members (excludes halogenated alkanes) is 25. The van der Waals surface area contributed by atoms with Crippen LogP contribution in [0.15, 0.2) is 49.1 Å². The van der Waals surface area contributed by atoms with Gasteiger partial charge in [0.15, 0.2) is 0 Å². The summed E-state index contributed by atoms with van der Waals surface area (Å²) in [6.45, 7) is 4.62. The molecular weight excluding hydrogens is 544 g/mol. The van der Waals surface area contributed by atoms with Gasteiger partial charge in [0.25, 0.3) is 0 Å². The molecule has 0 aliphatic carbocycles. The number of benzene rings is 1. The number of hydrogen-bond acceptors (Lipinski definition) is 0. The van der Waals surface area contributed by atoms with E-state index in [0.717, 1.165) is 0 Å². The highest BCUT2D eigenvalue weighted by Crippen LogP contribution is 2.29. The second-order valence-corrected chi connectivity index (χ2v) is 14.5. The SMILES string of the molecule is CCCCCCCCCCCCCCCCCCC(C(CCCCCCCCCCCCC)Cc1ccccc1)[n+]1cc[nH]c1. The molecule has 258 valence electrons. The third kappa shape index (κ3) is 21.8.